The molecule has 1 aromatic rings. The van der Waals surface area contributed by atoms with Crippen LogP contribution < -0.4 is 0 Å². The predicted octanol–water partition coefficient (Wildman–Crippen LogP) is 3.77. The molecule has 0 radical (unpaired) electrons. The van der Waals surface area contributed by atoms with Crippen LogP contribution in [0.4, 0.5) is 0 Å². The Bertz CT molecular complexity index is 276. The molecule has 0 amide bonds. The van der Waals surface area contributed by atoms with E-state index >= 15 is 0 Å². The van der Waals surface area contributed by atoms with E-state index in [0.717, 1.165) is 17.9 Å². The minimum Gasteiger partial charge on any atom is -0.103 e. The zero-order chi connectivity index (χ0) is 8.97. The Morgan fingerprint density at radius 1 is 1.50 bits per heavy atom. The van der Waals surface area contributed by atoms with Gasteiger partial charge in [0.2, 0.25) is 0 Å². The van der Waals surface area contributed by atoms with Crippen molar-refractivity contribution in [1.82, 2.24) is 0 Å². The van der Waals surface area contributed by atoms with Crippen molar-refractivity contribution < 1.29 is 0 Å². The van der Waals surface area contributed by atoms with Gasteiger partial charge in [0.1, 0.15) is 0 Å². The fraction of sp³-hybridized carbons (Fsp3) is 0.273. The first-order valence-electron chi connectivity index (χ1n) is 4.10. The smallest absolute Gasteiger partial charge is 0.0437 e. The third-order valence-corrected chi connectivity index (χ3v) is 2.41. The summed E-state index contributed by atoms with van der Waals surface area (Å²) >= 11 is 5.97. The van der Waals surface area contributed by atoms with E-state index in [9.17, 15) is 0 Å². The van der Waals surface area contributed by atoms with Gasteiger partial charge >= 0.3 is 0 Å². The van der Waals surface area contributed by atoms with Crippen LogP contribution in [-0.2, 0) is 6.42 Å². The van der Waals surface area contributed by atoms with Gasteiger partial charge in [0, 0.05) is 5.02 Å². The molecule has 0 aliphatic rings. The third-order valence-electron chi connectivity index (χ3n) is 2.00. The number of benzene rings is 1. The van der Waals surface area contributed by atoms with Gasteiger partial charge in [-0.25, -0.2) is 0 Å². The Morgan fingerprint density at radius 3 is 2.92 bits per heavy atom. The van der Waals surface area contributed by atoms with Gasteiger partial charge in [-0.1, -0.05) is 29.8 Å². The van der Waals surface area contributed by atoms with Gasteiger partial charge < -0.3 is 0 Å². The number of halogens is 1. The molecule has 0 unspecified atom stereocenters. The van der Waals surface area contributed by atoms with E-state index in [0.29, 0.717) is 0 Å². The van der Waals surface area contributed by atoms with Crippen LogP contribution in [0, 0.1) is 6.92 Å². The van der Waals surface area contributed by atoms with Crippen LogP contribution >= 0.6 is 11.6 Å². The van der Waals surface area contributed by atoms with Gasteiger partial charge in [-0.15, -0.1) is 6.58 Å². The Balaban J connectivity index is 2.84. The van der Waals surface area contributed by atoms with Crippen molar-refractivity contribution in [3.8, 4) is 0 Å². The molecule has 0 nitrogen and oxygen atoms in total. The zero-order valence-corrected chi connectivity index (χ0v) is 8.06. The first-order valence-corrected chi connectivity index (χ1v) is 4.48. The van der Waals surface area contributed by atoms with Gasteiger partial charge in [0.25, 0.3) is 0 Å². The van der Waals surface area contributed by atoms with E-state index < -0.39 is 0 Å². The number of hydrogen-bond donors (Lipinski definition) is 0. The Labute approximate surface area is 78.9 Å². The fourth-order valence-electron chi connectivity index (χ4n) is 1.18. The number of allylic oxidation sites excluding steroid dienone is 1. The van der Waals surface area contributed by atoms with Crippen molar-refractivity contribution in [2.24, 2.45) is 0 Å². The van der Waals surface area contributed by atoms with Crippen LogP contribution in [0.25, 0.3) is 0 Å². The van der Waals surface area contributed by atoms with Gasteiger partial charge in [-0.2, -0.15) is 0 Å². The maximum atomic E-state index is 5.97. The van der Waals surface area contributed by atoms with Crippen LogP contribution in [0.1, 0.15) is 17.5 Å². The molecule has 0 N–H and O–H groups in total. The van der Waals surface area contributed by atoms with Gasteiger partial charge in [0.15, 0.2) is 0 Å². The summed E-state index contributed by atoms with van der Waals surface area (Å²) in [6.45, 7) is 5.75. The van der Waals surface area contributed by atoms with Crippen molar-refractivity contribution >= 4 is 11.6 Å². The normalized spacial score (nSPS) is 9.83. The quantitative estimate of drug-likeness (QED) is 0.622. The lowest BCUT2D eigenvalue weighted by molar-refractivity contribution is 0.990. The Hall–Kier alpha value is -0.750. The topological polar surface area (TPSA) is 0 Å². The Morgan fingerprint density at radius 2 is 2.25 bits per heavy atom. The van der Waals surface area contributed by atoms with Crippen molar-refractivity contribution in [2.75, 3.05) is 0 Å². The molecule has 0 saturated carbocycles. The van der Waals surface area contributed by atoms with Crippen molar-refractivity contribution in [1.29, 1.82) is 0 Å². The van der Waals surface area contributed by atoms with Gasteiger partial charge in [-0.05, 0) is 37.0 Å². The molecule has 0 atom stereocenters. The summed E-state index contributed by atoms with van der Waals surface area (Å²) in [5.74, 6) is 0. The lowest BCUT2D eigenvalue weighted by Crippen LogP contribution is -1.88. The number of hydrogen-bond acceptors (Lipinski definition) is 0. The van der Waals surface area contributed by atoms with Crippen LogP contribution in [-0.4, -0.2) is 0 Å². The molecule has 0 aliphatic heterocycles. The summed E-state index contributed by atoms with van der Waals surface area (Å²) in [5, 5.41) is 0.858. The highest BCUT2D eigenvalue weighted by Crippen LogP contribution is 2.19. The molecule has 0 fully saturated rings. The average molecular weight is 181 g/mol. The highest BCUT2D eigenvalue weighted by atomic mass is 35.5. The molecule has 0 aliphatic carbocycles. The van der Waals surface area contributed by atoms with Gasteiger partial charge in [0.05, 0.1) is 0 Å². The van der Waals surface area contributed by atoms with E-state index in [2.05, 4.69) is 19.6 Å². The SMILES string of the molecule is C=CCCc1cccc(Cl)c1C. The maximum Gasteiger partial charge on any atom is 0.0437 e. The van der Waals surface area contributed by atoms with Crippen molar-refractivity contribution in [2.45, 2.75) is 19.8 Å². The lowest BCUT2D eigenvalue weighted by Gasteiger charge is -2.04. The van der Waals surface area contributed by atoms with Crippen LogP contribution in [0.15, 0.2) is 30.9 Å². The average Bonchev–Trinajstić information content (AvgIpc) is 2.08. The largest absolute Gasteiger partial charge is 0.103 e. The second-order valence-corrected chi connectivity index (χ2v) is 3.26. The summed E-state index contributed by atoms with van der Waals surface area (Å²) < 4.78 is 0. The second-order valence-electron chi connectivity index (χ2n) is 2.85. The first-order chi connectivity index (χ1) is 5.75. The molecule has 1 rings (SSSR count). The maximum absolute atomic E-state index is 5.97. The third kappa shape index (κ3) is 2.12. The van der Waals surface area contributed by atoms with E-state index in [4.69, 9.17) is 11.6 Å². The van der Waals surface area contributed by atoms with E-state index in [1.165, 1.54) is 11.1 Å². The van der Waals surface area contributed by atoms with Crippen LogP contribution in [0.3, 0.4) is 0 Å². The zero-order valence-electron chi connectivity index (χ0n) is 7.31. The predicted molar refractivity (Wildman–Crippen MR) is 54.7 cm³/mol. The molecule has 0 spiro atoms. The lowest BCUT2D eigenvalue weighted by atomic mass is 10.0. The molecule has 0 heterocycles. The minimum atomic E-state index is 0.858. The second kappa shape index (κ2) is 4.32. The highest BCUT2D eigenvalue weighted by Gasteiger charge is 1.99. The molecule has 1 heteroatoms. The monoisotopic (exact) mass is 180 g/mol. The van der Waals surface area contributed by atoms with Crippen molar-refractivity contribution in [3.05, 3.63) is 47.0 Å². The highest BCUT2D eigenvalue weighted by molar-refractivity contribution is 6.31. The van der Waals surface area contributed by atoms with Crippen LogP contribution in [0.2, 0.25) is 5.02 Å². The van der Waals surface area contributed by atoms with Crippen molar-refractivity contribution in [3.63, 3.8) is 0 Å². The summed E-state index contributed by atoms with van der Waals surface area (Å²) in [4.78, 5) is 0. The van der Waals surface area contributed by atoms with E-state index in [-0.39, 0.29) is 0 Å². The standard InChI is InChI=1S/C11H13Cl/c1-3-4-6-10-7-5-8-11(12)9(10)2/h3,5,7-8H,1,4,6H2,2H3. The number of aryl methyl sites for hydroxylation is 1. The van der Waals surface area contributed by atoms with E-state index in [1.807, 2.05) is 18.2 Å². The van der Waals surface area contributed by atoms with Crippen LogP contribution in [0.5, 0.6) is 0 Å². The molecule has 64 valence electrons. The molecule has 12 heavy (non-hydrogen) atoms. The molecular formula is C11H13Cl. The summed E-state index contributed by atoms with van der Waals surface area (Å²) in [7, 11) is 0. The first kappa shape index (κ1) is 9.34. The molecule has 0 aromatic heterocycles. The summed E-state index contributed by atoms with van der Waals surface area (Å²) in [6.07, 6.45) is 3.98. The molecule has 1 aromatic carbocycles. The van der Waals surface area contributed by atoms with Gasteiger partial charge in [-0.3, -0.25) is 0 Å². The molecular weight excluding hydrogens is 168 g/mol. The Kier molecular flexibility index (Phi) is 3.36. The summed E-state index contributed by atoms with van der Waals surface area (Å²) in [6, 6.07) is 6.03. The summed E-state index contributed by atoms with van der Waals surface area (Å²) in [5.41, 5.74) is 2.52. The molecule has 0 saturated heterocycles. The molecule has 0 bridgehead atoms. The fourth-order valence-corrected chi connectivity index (χ4v) is 1.37. The van der Waals surface area contributed by atoms with E-state index in [1.54, 1.807) is 0 Å². The number of rotatable bonds is 3. The minimum absolute atomic E-state index is 0.858.